The van der Waals surface area contributed by atoms with Gasteiger partial charge in [0.15, 0.2) is 5.82 Å². The Kier molecular flexibility index (Phi) is 7.46. The third kappa shape index (κ3) is 5.16. The number of likely N-dealkylation sites (tertiary alicyclic amines) is 1. The van der Waals surface area contributed by atoms with E-state index in [1.807, 2.05) is 19.1 Å². The van der Waals surface area contributed by atoms with Crippen molar-refractivity contribution < 1.29 is 23.2 Å². The first-order valence-corrected chi connectivity index (χ1v) is 13.6. The van der Waals surface area contributed by atoms with Crippen molar-refractivity contribution in [2.45, 2.75) is 51.0 Å². The summed E-state index contributed by atoms with van der Waals surface area (Å²) in [4.78, 5) is 46.3. The van der Waals surface area contributed by atoms with E-state index in [4.69, 9.17) is 11.6 Å². The molecule has 3 amide bonds. The van der Waals surface area contributed by atoms with E-state index in [1.165, 1.54) is 13.0 Å². The molecule has 0 saturated carbocycles. The van der Waals surface area contributed by atoms with Crippen LogP contribution in [0.1, 0.15) is 62.4 Å². The van der Waals surface area contributed by atoms with Gasteiger partial charge in [-0.1, -0.05) is 24.9 Å². The molecule has 2 atom stereocenters. The highest BCUT2D eigenvalue weighted by atomic mass is 35.5. The van der Waals surface area contributed by atoms with Crippen LogP contribution >= 0.6 is 11.6 Å². The topological polar surface area (TPSA) is 82.6 Å². The zero-order valence-corrected chi connectivity index (χ0v) is 22.7. The lowest BCUT2D eigenvalue weighted by Gasteiger charge is -2.50. The molecule has 3 aliphatic heterocycles. The van der Waals surface area contributed by atoms with Gasteiger partial charge in [0.05, 0.1) is 22.3 Å². The predicted octanol–water partition coefficient (Wildman–Crippen LogP) is 4.41. The molecule has 3 aliphatic rings. The van der Waals surface area contributed by atoms with E-state index in [0.717, 1.165) is 23.4 Å². The highest BCUT2D eigenvalue weighted by Crippen LogP contribution is 2.39. The molecule has 1 fully saturated rings. The first-order chi connectivity index (χ1) is 18.6. The smallest absolute Gasteiger partial charge is 0.247 e. The second-order valence-corrected chi connectivity index (χ2v) is 11.3. The Bertz CT molecular complexity index is 1360. The van der Waals surface area contributed by atoms with E-state index >= 15 is 0 Å². The van der Waals surface area contributed by atoms with Crippen molar-refractivity contribution in [3.05, 3.63) is 70.0 Å². The number of carbonyl (C=O) groups is 3. The summed E-state index contributed by atoms with van der Waals surface area (Å²) in [6, 6.07) is 5.76. The summed E-state index contributed by atoms with van der Waals surface area (Å²) >= 11 is 5.88. The van der Waals surface area contributed by atoms with Crippen LogP contribution in [0.4, 0.5) is 8.78 Å². The summed E-state index contributed by atoms with van der Waals surface area (Å²) in [6.07, 6.45) is 5.15. The van der Waals surface area contributed by atoms with Gasteiger partial charge in [-0.25, -0.2) is 8.78 Å². The Labute approximate surface area is 231 Å². The second kappa shape index (κ2) is 10.7. The first kappa shape index (κ1) is 27.2. The molecule has 0 aliphatic carbocycles. The van der Waals surface area contributed by atoms with E-state index in [1.54, 1.807) is 16.0 Å². The van der Waals surface area contributed by atoms with Gasteiger partial charge in [0.25, 0.3) is 0 Å². The number of halogens is 3. The minimum absolute atomic E-state index is 0.0207. The van der Waals surface area contributed by atoms with Gasteiger partial charge < -0.3 is 15.1 Å². The summed E-state index contributed by atoms with van der Waals surface area (Å²) in [5.41, 5.74) is 1.23. The van der Waals surface area contributed by atoms with Crippen LogP contribution in [0.2, 0.25) is 5.02 Å². The molecule has 2 bridgehead atoms. The number of nitrogens with one attached hydrogen (secondary N) is 1. The Morgan fingerprint density at radius 1 is 1.18 bits per heavy atom. The molecular formula is C29H31ClF2N4O3. The van der Waals surface area contributed by atoms with E-state index in [-0.39, 0.29) is 58.8 Å². The molecule has 1 aromatic heterocycles. The molecule has 0 radical (unpaired) electrons. The number of hydrogen-bond donors (Lipinski definition) is 1. The molecule has 206 valence electrons. The Hall–Kier alpha value is -3.33. The van der Waals surface area contributed by atoms with Gasteiger partial charge in [0, 0.05) is 56.7 Å². The minimum Gasteiger partial charge on any atom is -0.355 e. The zero-order valence-electron chi connectivity index (χ0n) is 22.0. The number of pyridine rings is 1. The predicted molar refractivity (Wildman–Crippen MR) is 143 cm³/mol. The highest BCUT2D eigenvalue weighted by Gasteiger charge is 2.46. The fraction of sp³-hybridized carbons (Fsp3) is 0.448. The zero-order chi connectivity index (χ0) is 27.9. The average Bonchev–Trinajstić information content (AvgIpc) is 2.88. The van der Waals surface area contributed by atoms with Crippen LogP contribution in [0.15, 0.2) is 36.5 Å². The molecule has 39 heavy (non-hydrogen) atoms. The molecule has 7 nitrogen and oxygen atoms in total. The standard InChI is InChI=1S/C29H31ClF2N4O3/c1-17-4-3-5-24(36-11-9-19(12-25(36)38)26-22(31)7-6-21(30)27(26)32)23-13-20(8-10-33-23)29(14-34-28(17)39)15-35(16-29)18(2)37/h6-8,10,12-13,17,24H,3-5,9,11,14-16H2,1-2H3,(H,34,39)/t17-,24+/m1/s1. The molecular weight excluding hydrogens is 526 g/mol. The van der Waals surface area contributed by atoms with Crippen LogP contribution in [0.5, 0.6) is 0 Å². The second-order valence-electron chi connectivity index (χ2n) is 10.9. The molecule has 1 aromatic carbocycles. The molecule has 10 heteroatoms. The maximum atomic E-state index is 14.7. The summed E-state index contributed by atoms with van der Waals surface area (Å²) in [5, 5.41) is 2.89. The molecule has 1 spiro atoms. The fourth-order valence-electron chi connectivity index (χ4n) is 5.89. The number of nitrogens with zero attached hydrogens (tertiary/aromatic N) is 3. The molecule has 5 rings (SSSR count). The molecule has 4 heterocycles. The SMILES string of the molecule is CC(=O)N1CC2(CNC(=O)[C@H](C)CCC[C@H](N3CCC(c4c(F)ccc(Cl)c4F)=CC3=O)c3cc2ccn3)C1. The Morgan fingerprint density at radius 3 is 2.67 bits per heavy atom. The largest absolute Gasteiger partial charge is 0.355 e. The van der Waals surface area contributed by atoms with Crippen molar-refractivity contribution in [2.75, 3.05) is 26.2 Å². The number of carbonyl (C=O) groups excluding carboxylic acids is 3. The maximum absolute atomic E-state index is 14.7. The molecule has 2 aromatic rings. The number of amides is 3. The number of rotatable bonds is 2. The van der Waals surface area contributed by atoms with Crippen molar-refractivity contribution in [2.24, 2.45) is 5.92 Å². The van der Waals surface area contributed by atoms with Crippen molar-refractivity contribution in [1.82, 2.24) is 20.1 Å². The first-order valence-electron chi connectivity index (χ1n) is 13.2. The van der Waals surface area contributed by atoms with Crippen molar-refractivity contribution >= 4 is 34.9 Å². The van der Waals surface area contributed by atoms with Crippen LogP contribution < -0.4 is 5.32 Å². The van der Waals surface area contributed by atoms with Gasteiger partial charge in [0.1, 0.15) is 5.82 Å². The van der Waals surface area contributed by atoms with Gasteiger partial charge in [-0.15, -0.1) is 0 Å². The van der Waals surface area contributed by atoms with Gasteiger partial charge in [0.2, 0.25) is 17.7 Å². The number of fused-ring (bicyclic) bond motifs is 3. The van der Waals surface area contributed by atoms with Crippen LogP contribution in [0.3, 0.4) is 0 Å². The highest BCUT2D eigenvalue weighted by molar-refractivity contribution is 6.31. The quantitative estimate of drug-likeness (QED) is 0.556. The van der Waals surface area contributed by atoms with Crippen LogP contribution in [0, 0.1) is 17.6 Å². The average molecular weight is 557 g/mol. The van der Waals surface area contributed by atoms with Gasteiger partial charge in [-0.3, -0.25) is 19.4 Å². The third-order valence-electron chi connectivity index (χ3n) is 8.27. The van der Waals surface area contributed by atoms with Crippen molar-refractivity contribution in [3.63, 3.8) is 0 Å². The monoisotopic (exact) mass is 556 g/mol. The molecule has 1 saturated heterocycles. The van der Waals surface area contributed by atoms with E-state index in [2.05, 4.69) is 10.3 Å². The number of hydrogen-bond acceptors (Lipinski definition) is 4. The number of benzene rings is 1. The lowest BCUT2D eigenvalue weighted by molar-refractivity contribution is -0.137. The van der Waals surface area contributed by atoms with Crippen molar-refractivity contribution in [3.8, 4) is 0 Å². The minimum atomic E-state index is -0.873. The Balaban J connectivity index is 1.49. The van der Waals surface area contributed by atoms with Gasteiger partial charge in [-0.2, -0.15) is 0 Å². The normalized spacial score (nSPS) is 23.4. The van der Waals surface area contributed by atoms with Crippen LogP contribution in [-0.4, -0.2) is 58.7 Å². The van der Waals surface area contributed by atoms with Gasteiger partial charge in [-0.05, 0) is 54.7 Å². The molecule has 0 unspecified atom stereocenters. The summed E-state index contributed by atoms with van der Waals surface area (Å²) in [6.45, 7) is 5.04. The Morgan fingerprint density at radius 2 is 1.95 bits per heavy atom. The van der Waals surface area contributed by atoms with E-state index in [0.29, 0.717) is 38.9 Å². The maximum Gasteiger partial charge on any atom is 0.247 e. The van der Waals surface area contributed by atoms with Crippen LogP contribution in [-0.2, 0) is 19.8 Å². The molecule has 1 N–H and O–H groups in total. The summed E-state index contributed by atoms with van der Waals surface area (Å²) in [5.74, 6) is -2.26. The summed E-state index contributed by atoms with van der Waals surface area (Å²) in [7, 11) is 0. The van der Waals surface area contributed by atoms with E-state index in [9.17, 15) is 23.2 Å². The lowest BCUT2D eigenvalue weighted by Crippen LogP contribution is -2.65. The van der Waals surface area contributed by atoms with Gasteiger partial charge >= 0.3 is 0 Å². The summed E-state index contributed by atoms with van der Waals surface area (Å²) < 4.78 is 29.2. The lowest BCUT2D eigenvalue weighted by atomic mass is 9.73. The van der Waals surface area contributed by atoms with Crippen LogP contribution in [0.25, 0.3) is 5.57 Å². The van der Waals surface area contributed by atoms with E-state index < -0.39 is 17.0 Å². The van der Waals surface area contributed by atoms with Crippen molar-refractivity contribution in [1.29, 1.82) is 0 Å². The number of aromatic nitrogens is 1. The fourth-order valence-corrected chi connectivity index (χ4v) is 6.05. The third-order valence-corrected chi connectivity index (χ3v) is 8.57.